The molecule has 136 valence electrons. The molecule has 2 aliphatic carbocycles. The van der Waals surface area contributed by atoms with Gasteiger partial charge in [-0.25, -0.2) is 17.5 Å². The Morgan fingerprint density at radius 2 is 2.04 bits per heavy atom. The lowest BCUT2D eigenvalue weighted by Gasteiger charge is -2.34. The third-order valence-electron chi connectivity index (χ3n) is 4.48. The summed E-state index contributed by atoms with van der Waals surface area (Å²) in [7, 11) is -3.91. The molecule has 2 aliphatic rings. The number of halogens is 2. The molecule has 0 saturated heterocycles. The van der Waals surface area contributed by atoms with Crippen LogP contribution in [0.5, 0.6) is 0 Å². The summed E-state index contributed by atoms with van der Waals surface area (Å²) in [5.74, 6) is -0.292. The van der Waals surface area contributed by atoms with Crippen molar-refractivity contribution in [2.24, 2.45) is 5.73 Å². The van der Waals surface area contributed by atoms with Crippen molar-refractivity contribution >= 4 is 22.4 Å². The molecule has 2 fully saturated rings. The first-order chi connectivity index (χ1) is 11.4. The smallest absolute Gasteiger partial charge is 0.258 e. The molecule has 0 radical (unpaired) electrons. The lowest BCUT2D eigenvalue weighted by atomic mass is 9.77. The molecule has 1 aromatic carbocycles. The molecule has 3 N–H and O–H groups in total. The van der Waals surface area contributed by atoms with Crippen LogP contribution in [0.3, 0.4) is 0 Å². The molecule has 0 amide bonds. The van der Waals surface area contributed by atoms with Crippen LogP contribution in [-0.4, -0.2) is 24.6 Å². The summed E-state index contributed by atoms with van der Waals surface area (Å²) in [6, 6.07) is 3.60. The maximum atomic E-state index is 14.0. The third-order valence-corrected chi connectivity index (χ3v) is 6.02. The molecule has 25 heavy (non-hydrogen) atoms. The highest BCUT2D eigenvalue weighted by Crippen LogP contribution is 2.37. The molecule has 0 spiro atoms. The normalized spacial score (nSPS) is 19.1. The molecule has 0 aliphatic heterocycles. The average Bonchev–Trinajstić information content (AvgIpc) is 3.16. The zero-order valence-corrected chi connectivity index (χ0v) is 14.9. The molecule has 0 unspecified atom stereocenters. The van der Waals surface area contributed by atoms with Gasteiger partial charge in [0.25, 0.3) is 5.89 Å². The Morgan fingerprint density at radius 1 is 1.32 bits per heavy atom. The van der Waals surface area contributed by atoms with E-state index in [1.807, 2.05) is 0 Å². The molecule has 1 heterocycles. The molecule has 2 saturated carbocycles. The topological polar surface area (TPSA) is 111 Å². The molecule has 7 nitrogen and oxygen atoms in total. The second-order valence-corrected chi connectivity index (χ2v) is 8.16. The zero-order valence-electron chi connectivity index (χ0n) is 13.2. The van der Waals surface area contributed by atoms with Crippen molar-refractivity contribution in [3.05, 3.63) is 29.8 Å². The van der Waals surface area contributed by atoms with Crippen LogP contribution in [0.2, 0.25) is 0 Å². The van der Waals surface area contributed by atoms with Crippen LogP contribution in [-0.2, 0) is 15.6 Å². The summed E-state index contributed by atoms with van der Waals surface area (Å²) < 4.78 is 46.2. The Bertz CT molecular complexity index is 894. The first kappa shape index (κ1) is 18.2. The molecule has 1 aromatic heterocycles. The molecular weight excluding hydrogens is 371 g/mol. The highest BCUT2D eigenvalue weighted by Gasteiger charge is 2.39. The van der Waals surface area contributed by atoms with Crippen LogP contribution in [0, 0.1) is 5.82 Å². The Labute approximate surface area is 150 Å². The standard InChI is InChI=1S/C15H17FN4O3S.ClH/c16-11-5-2-9(8-12(11)24(21,22)20-10-3-4-10)13-18-14(19-23-13)15(17)6-1-7-15;/h2,5,8,10,20H,1,3-4,6-7,17H2;1H. The predicted octanol–water partition coefficient (Wildman–Crippen LogP) is 2.08. The van der Waals surface area contributed by atoms with E-state index in [-0.39, 0.29) is 24.3 Å². The van der Waals surface area contributed by atoms with Gasteiger partial charge >= 0.3 is 0 Å². The van der Waals surface area contributed by atoms with E-state index in [0.717, 1.165) is 38.2 Å². The van der Waals surface area contributed by atoms with Gasteiger partial charge in [0.2, 0.25) is 10.0 Å². The van der Waals surface area contributed by atoms with Crippen molar-refractivity contribution in [3.8, 4) is 11.5 Å². The summed E-state index contributed by atoms with van der Waals surface area (Å²) in [4.78, 5) is 3.84. The molecular formula is C15H18ClFN4O3S. The highest BCUT2D eigenvalue weighted by atomic mass is 35.5. The van der Waals surface area contributed by atoms with E-state index in [2.05, 4.69) is 14.9 Å². The van der Waals surface area contributed by atoms with Gasteiger partial charge in [0.15, 0.2) is 5.82 Å². The Balaban J connectivity index is 0.00000182. The average molecular weight is 389 g/mol. The quantitative estimate of drug-likeness (QED) is 0.811. The zero-order chi connectivity index (χ0) is 16.9. The van der Waals surface area contributed by atoms with Gasteiger partial charge < -0.3 is 10.3 Å². The van der Waals surface area contributed by atoms with Crippen LogP contribution < -0.4 is 10.5 Å². The van der Waals surface area contributed by atoms with E-state index in [0.29, 0.717) is 11.4 Å². The van der Waals surface area contributed by atoms with Crippen molar-refractivity contribution < 1.29 is 17.3 Å². The number of hydrogen-bond acceptors (Lipinski definition) is 6. The van der Waals surface area contributed by atoms with Crippen molar-refractivity contribution in [1.29, 1.82) is 0 Å². The van der Waals surface area contributed by atoms with E-state index >= 15 is 0 Å². The Morgan fingerprint density at radius 3 is 2.64 bits per heavy atom. The van der Waals surface area contributed by atoms with Crippen LogP contribution in [0.25, 0.3) is 11.5 Å². The van der Waals surface area contributed by atoms with Crippen LogP contribution in [0.4, 0.5) is 4.39 Å². The minimum absolute atomic E-state index is 0. The van der Waals surface area contributed by atoms with Gasteiger partial charge in [0.05, 0.1) is 5.54 Å². The van der Waals surface area contributed by atoms with Crippen molar-refractivity contribution in [1.82, 2.24) is 14.9 Å². The lowest BCUT2D eigenvalue weighted by molar-refractivity contribution is 0.229. The van der Waals surface area contributed by atoms with Gasteiger partial charge in [-0.1, -0.05) is 5.16 Å². The summed E-state index contributed by atoms with van der Waals surface area (Å²) in [6.45, 7) is 0. The van der Waals surface area contributed by atoms with Crippen LogP contribution >= 0.6 is 12.4 Å². The summed E-state index contributed by atoms with van der Waals surface area (Å²) >= 11 is 0. The minimum Gasteiger partial charge on any atom is -0.334 e. The Kier molecular flexibility index (Phi) is 4.61. The first-order valence-electron chi connectivity index (χ1n) is 7.83. The van der Waals surface area contributed by atoms with Gasteiger partial charge in [-0.2, -0.15) is 4.98 Å². The van der Waals surface area contributed by atoms with Gasteiger partial charge in [-0.3, -0.25) is 0 Å². The molecule has 4 rings (SSSR count). The minimum atomic E-state index is -3.91. The number of sulfonamides is 1. The highest BCUT2D eigenvalue weighted by molar-refractivity contribution is 7.89. The molecule has 10 heteroatoms. The van der Waals surface area contributed by atoms with Crippen molar-refractivity contribution in [2.45, 2.75) is 48.6 Å². The van der Waals surface area contributed by atoms with Gasteiger partial charge in [0, 0.05) is 11.6 Å². The fourth-order valence-electron chi connectivity index (χ4n) is 2.65. The van der Waals surface area contributed by atoms with E-state index in [1.165, 1.54) is 12.1 Å². The maximum Gasteiger partial charge on any atom is 0.258 e. The molecule has 0 atom stereocenters. The Hall–Kier alpha value is -1.55. The van der Waals surface area contributed by atoms with E-state index in [9.17, 15) is 12.8 Å². The van der Waals surface area contributed by atoms with Gasteiger partial charge in [-0.15, -0.1) is 12.4 Å². The fourth-order valence-corrected chi connectivity index (χ4v) is 4.06. The van der Waals surface area contributed by atoms with E-state index < -0.39 is 26.3 Å². The van der Waals surface area contributed by atoms with Gasteiger partial charge in [-0.05, 0) is 50.3 Å². The number of aromatic nitrogens is 2. The SMILES string of the molecule is Cl.NC1(c2noc(-c3ccc(F)c(S(=O)(=O)NC4CC4)c3)n2)CCC1. The third kappa shape index (κ3) is 3.41. The number of rotatable bonds is 5. The van der Waals surface area contributed by atoms with E-state index in [4.69, 9.17) is 10.3 Å². The molecule has 0 bridgehead atoms. The number of nitrogens with zero attached hydrogens (tertiary/aromatic N) is 2. The number of benzene rings is 1. The lowest BCUT2D eigenvalue weighted by Crippen LogP contribution is -2.44. The summed E-state index contributed by atoms with van der Waals surface area (Å²) in [6.07, 6.45) is 4.10. The van der Waals surface area contributed by atoms with Crippen LogP contribution in [0.15, 0.2) is 27.6 Å². The second kappa shape index (κ2) is 6.31. The van der Waals surface area contributed by atoms with E-state index in [1.54, 1.807) is 0 Å². The molecule has 2 aromatic rings. The largest absolute Gasteiger partial charge is 0.334 e. The van der Waals surface area contributed by atoms with Crippen molar-refractivity contribution in [3.63, 3.8) is 0 Å². The van der Waals surface area contributed by atoms with Crippen molar-refractivity contribution in [2.75, 3.05) is 0 Å². The fraction of sp³-hybridized carbons (Fsp3) is 0.467. The van der Waals surface area contributed by atoms with Gasteiger partial charge in [0.1, 0.15) is 10.7 Å². The monoisotopic (exact) mass is 388 g/mol. The second-order valence-electron chi connectivity index (χ2n) is 6.47. The van der Waals surface area contributed by atoms with Crippen LogP contribution in [0.1, 0.15) is 37.9 Å². The summed E-state index contributed by atoms with van der Waals surface area (Å²) in [5, 5.41) is 3.89. The first-order valence-corrected chi connectivity index (χ1v) is 9.31. The summed E-state index contributed by atoms with van der Waals surface area (Å²) in [5.41, 5.74) is 5.91. The number of nitrogens with one attached hydrogen (secondary N) is 1. The number of hydrogen-bond donors (Lipinski definition) is 2. The predicted molar refractivity (Wildman–Crippen MR) is 90.0 cm³/mol. The maximum absolute atomic E-state index is 14.0. The number of nitrogens with two attached hydrogens (primary N) is 1.